The summed E-state index contributed by atoms with van der Waals surface area (Å²) in [6, 6.07) is 3.14. The topological polar surface area (TPSA) is 42.1 Å². The van der Waals surface area contributed by atoms with E-state index in [1.165, 1.54) is 36.8 Å². The Bertz CT molecular complexity index is 458. The highest BCUT2D eigenvalue weighted by molar-refractivity contribution is 5.48. The Labute approximate surface area is 129 Å². The summed E-state index contributed by atoms with van der Waals surface area (Å²) in [7, 11) is 2.21. The van der Waals surface area contributed by atoms with Gasteiger partial charge in [0.25, 0.3) is 0 Å². The van der Waals surface area contributed by atoms with Crippen LogP contribution < -0.4 is 10.6 Å². The quantitative estimate of drug-likeness (QED) is 0.899. The summed E-state index contributed by atoms with van der Waals surface area (Å²) in [4.78, 5) is 7.15. The maximum absolute atomic E-state index is 6.05. The van der Waals surface area contributed by atoms with Gasteiger partial charge in [-0.15, -0.1) is 0 Å². The SMILES string of the molecule is CCC(N)Cc1cnc(N(C)C2CCCCC2C)c(C)c1. The Hall–Kier alpha value is -1.09. The number of anilines is 1. The van der Waals surface area contributed by atoms with Crippen LogP contribution in [0.15, 0.2) is 12.3 Å². The molecule has 3 nitrogen and oxygen atoms in total. The number of nitrogens with zero attached hydrogens (tertiary/aromatic N) is 2. The molecule has 1 saturated carbocycles. The summed E-state index contributed by atoms with van der Waals surface area (Å²) in [5.41, 5.74) is 8.58. The van der Waals surface area contributed by atoms with E-state index in [4.69, 9.17) is 10.7 Å². The lowest BCUT2D eigenvalue weighted by molar-refractivity contribution is 0.320. The second kappa shape index (κ2) is 7.26. The summed E-state index contributed by atoms with van der Waals surface area (Å²) in [6.07, 6.45) is 9.32. The Morgan fingerprint density at radius 3 is 2.71 bits per heavy atom. The zero-order valence-corrected chi connectivity index (χ0v) is 14.1. The Morgan fingerprint density at radius 2 is 2.10 bits per heavy atom. The monoisotopic (exact) mass is 289 g/mol. The van der Waals surface area contributed by atoms with Crippen LogP contribution in [0.3, 0.4) is 0 Å². The molecule has 1 aliphatic carbocycles. The Kier molecular flexibility index (Phi) is 5.63. The number of hydrogen-bond donors (Lipinski definition) is 1. The van der Waals surface area contributed by atoms with Crippen molar-refractivity contribution in [2.24, 2.45) is 11.7 Å². The van der Waals surface area contributed by atoms with E-state index in [1.807, 2.05) is 6.20 Å². The molecule has 2 N–H and O–H groups in total. The van der Waals surface area contributed by atoms with Crippen molar-refractivity contribution in [2.75, 3.05) is 11.9 Å². The van der Waals surface area contributed by atoms with E-state index < -0.39 is 0 Å². The van der Waals surface area contributed by atoms with Crippen molar-refractivity contribution >= 4 is 5.82 Å². The van der Waals surface area contributed by atoms with Crippen LogP contribution in [-0.2, 0) is 6.42 Å². The van der Waals surface area contributed by atoms with Crippen molar-refractivity contribution in [3.63, 3.8) is 0 Å². The number of aryl methyl sites for hydroxylation is 1. The molecule has 0 aromatic carbocycles. The predicted octanol–water partition coefficient (Wildman–Crippen LogP) is 3.68. The lowest BCUT2D eigenvalue weighted by atomic mass is 9.85. The van der Waals surface area contributed by atoms with Gasteiger partial charge in [0, 0.05) is 25.3 Å². The third-order valence-corrected chi connectivity index (χ3v) is 5.03. The van der Waals surface area contributed by atoms with Gasteiger partial charge < -0.3 is 10.6 Å². The standard InChI is InChI=1S/C18H31N3/c1-5-16(19)11-15-10-14(3)18(20-12-15)21(4)17-9-7-6-8-13(17)2/h10,12-13,16-17H,5-9,11,19H2,1-4H3. The summed E-state index contributed by atoms with van der Waals surface area (Å²) in [6.45, 7) is 6.69. The highest BCUT2D eigenvalue weighted by Gasteiger charge is 2.26. The molecule has 3 atom stereocenters. The number of pyridine rings is 1. The zero-order valence-electron chi connectivity index (χ0n) is 14.1. The molecule has 3 heteroatoms. The number of aromatic nitrogens is 1. The van der Waals surface area contributed by atoms with Crippen LogP contribution in [0.4, 0.5) is 5.82 Å². The van der Waals surface area contributed by atoms with Gasteiger partial charge in [-0.25, -0.2) is 4.98 Å². The van der Waals surface area contributed by atoms with E-state index in [0.29, 0.717) is 6.04 Å². The number of nitrogens with two attached hydrogens (primary N) is 1. The van der Waals surface area contributed by atoms with Crippen LogP contribution >= 0.6 is 0 Å². The Balaban J connectivity index is 2.12. The van der Waals surface area contributed by atoms with Crippen molar-refractivity contribution < 1.29 is 0 Å². The molecule has 0 saturated heterocycles. The van der Waals surface area contributed by atoms with Gasteiger partial charge in [-0.1, -0.05) is 32.8 Å². The van der Waals surface area contributed by atoms with Gasteiger partial charge in [0.15, 0.2) is 0 Å². The van der Waals surface area contributed by atoms with Crippen LogP contribution in [-0.4, -0.2) is 24.1 Å². The molecule has 3 unspecified atom stereocenters. The molecule has 0 spiro atoms. The molecule has 1 aromatic heterocycles. The van der Waals surface area contributed by atoms with Crippen molar-refractivity contribution in [1.29, 1.82) is 0 Å². The van der Waals surface area contributed by atoms with Gasteiger partial charge in [0.05, 0.1) is 0 Å². The molecule has 1 heterocycles. The van der Waals surface area contributed by atoms with E-state index in [1.54, 1.807) is 0 Å². The lowest BCUT2D eigenvalue weighted by Crippen LogP contribution is -2.39. The van der Waals surface area contributed by atoms with Gasteiger partial charge in [-0.3, -0.25) is 0 Å². The van der Waals surface area contributed by atoms with Crippen LogP contribution in [0.2, 0.25) is 0 Å². The molecule has 1 aromatic rings. The van der Waals surface area contributed by atoms with E-state index in [2.05, 4.69) is 38.8 Å². The van der Waals surface area contributed by atoms with Gasteiger partial charge in [0.1, 0.15) is 5.82 Å². The van der Waals surface area contributed by atoms with Crippen molar-refractivity contribution in [1.82, 2.24) is 4.98 Å². The molecule has 0 bridgehead atoms. The fourth-order valence-electron chi connectivity index (χ4n) is 3.58. The minimum Gasteiger partial charge on any atom is -0.356 e. The average molecular weight is 289 g/mol. The van der Waals surface area contributed by atoms with E-state index in [9.17, 15) is 0 Å². The van der Waals surface area contributed by atoms with Gasteiger partial charge in [0.2, 0.25) is 0 Å². The first-order chi connectivity index (χ1) is 10.0. The highest BCUT2D eigenvalue weighted by atomic mass is 15.2. The van der Waals surface area contributed by atoms with Crippen molar-refractivity contribution in [3.8, 4) is 0 Å². The van der Waals surface area contributed by atoms with Crippen molar-refractivity contribution in [2.45, 2.75) is 71.4 Å². The van der Waals surface area contributed by atoms with Gasteiger partial charge in [-0.05, 0) is 49.7 Å². The minimum atomic E-state index is 0.244. The molecule has 1 aliphatic rings. The lowest BCUT2D eigenvalue weighted by Gasteiger charge is -2.37. The molecule has 0 radical (unpaired) electrons. The maximum Gasteiger partial charge on any atom is 0.131 e. The van der Waals surface area contributed by atoms with Gasteiger partial charge >= 0.3 is 0 Å². The average Bonchev–Trinajstić information content (AvgIpc) is 2.47. The maximum atomic E-state index is 6.05. The molecule has 1 fully saturated rings. The van der Waals surface area contributed by atoms with Crippen LogP contribution in [0, 0.1) is 12.8 Å². The summed E-state index contributed by atoms with van der Waals surface area (Å²) < 4.78 is 0. The fraction of sp³-hybridized carbons (Fsp3) is 0.722. The predicted molar refractivity (Wildman–Crippen MR) is 90.8 cm³/mol. The first kappa shape index (κ1) is 16.3. The molecule has 0 aliphatic heterocycles. The van der Waals surface area contributed by atoms with E-state index >= 15 is 0 Å². The van der Waals surface area contributed by atoms with Crippen LogP contribution in [0.1, 0.15) is 57.1 Å². The first-order valence-corrected chi connectivity index (χ1v) is 8.46. The van der Waals surface area contributed by atoms with Crippen molar-refractivity contribution in [3.05, 3.63) is 23.4 Å². The smallest absolute Gasteiger partial charge is 0.131 e. The molecule has 0 amide bonds. The highest BCUT2D eigenvalue weighted by Crippen LogP contribution is 2.31. The molecule has 118 valence electrons. The summed E-state index contributed by atoms with van der Waals surface area (Å²) in [5, 5.41) is 0. The largest absolute Gasteiger partial charge is 0.356 e. The minimum absolute atomic E-state index is 0.244. The number of rotatable bonds is 5. The normalized spacial score (nSPS) is 23.9. The summed E-state index contributed by atoms with van der Waals surface area (Å²) >= 11 is 0. The third-order valence-electron chi connectivity index (χ3n) is 5.03. The van der Waals surface area contributed by atoms with Gasteiger partial charge in [-0.2, -0.15) is 0 Å². The fourth-order valence-corrected chi connectivity index (χ4v) is 3.58. The van der Waals surface area contributed by atoms with E-state index in [-0.39, 0.29) is 6.04 Å². The van der Waals surface area contributed by atoms with E-state index in [0.717, 1.165) is 24.6 Å². The second-order valence-corrected chi connectivity index (χ2v) is 6.80. The molecule has 21 heavy (non-hydrogen) atoms. The number of hydrogen-bond acceptors (Lipinski definition) is 3. The van der Waals surface area contributed by atoms with Crippen LogP contribution in [0.25, 0.3) is 0 Å². The second-order valence-electron chi connectivity index (χ2n) is 6.80. The molecular formula is C18H31N3. The third kappa shape index (κ3) is 3.97. The Morgan fingerprint density at radius 1 is 1.38 bits per heavy atom. The summed E-state index contributed by atoms with van der Waals surface area (Å²) in [5.74, 6) is 1.90. The molecule has 2 rings (SSSR count). The molecular weight excluding hydrogens is 258 g/mol. The van der Waals surface area contributed by atoms with Crippen LogP contribution in [0.5, 0.6) is 0 Å². The first-order valence-electron chi connectivity index (χ1n) is 8.46. The zero-order chi connectivity index (χ0) is 15.4.